The summed E-state index contributed by atoms with van der Waals surface area (Å²) in [5, 5.41) is 0.301. The lowest BCUT2D eigenvalue weighted by molar-refractivity contribution is 0.519. The SMILES string of the molecule is C=C(CC)CC(C)CC(C)Cl. The van der Waals surface area contributed by atoms with Crippen molar-refractivity contribution in [2.75, 3.05) is 0 Å². The predicted molar refractivity (Wildman–Crippen MR) is 53.1 cm³/mol. The van der Waals surface area contributed by atoms with Crippen molar-refractivity contribution in [1.29, 1.82) is 0 Å². The molecule has 0 N–H and O–H groups in total. The molecule has 0 saturated carbocycles. The average Bonchev–Trinajstić information content (AvgIpc) is 1.85. The van der Waals surface area contributed by atoms with Crippen LogP contribution >= 0.6 is 11.6 Å². The van der Waals surface area contributed by atoms with Gasteiger partial charge in [0.2, 0.25) is 0 Å². The Bertz CT molecular complexity index is 116. The summed E-state index contributed by atoms with van der Waals surface area (Å²) in [7, 11) is 0. The molecule has 0 fully saturated rings. The molecule has 0 saturated heterocycles. The van der Waals surface area contributed by atoms with Gasteiger partial charge in [0.15, 0.2) is 0 Å². The molecule has 0 aromatic heterocycles. The van der Waals surface area contributed by atoms with Gasteiger partial charge in [0.1, 0.15) is 0 Å². The van der Waals surface area contributed by atoms with Gasteiger partial charge in [-0.3, -0.25) is 0 Å². The number of hydrogen-bond donors (Lipinski definition) is 0. The van der Waals surface area contributed by atoms with Gasteiger partial charge in [-0.05, 0) is 32.1 Å². The molecule has 0 nitrogen and oxygen atoms in total. The Morgan fingerprint density at radius 2 is 2.00 bits per heavy atom. The Morgan fingerprint density at radius 3 is 2.36 bits per heavy atom. The monoisotopic (exact) mass is 174 g/mol. The van der Waals surface area contributed by atoms with E-state index in [2.05, 4.69) is 20.4 Å². The number of alkyl halides is 1. The van der Waals surface area contributed by atoms with Gasteiger partial charge in [0.25, 0.3) is 0 Å². The molecule has 1 heteroatoms. The molecule has 0 aliphatic carbocycles. The third kappa shape index (κ3) is 6.43. The fourth-order valence-electron chi connectivity index (χ4n) is 1.27. The number of rotatable bonds is 5. The van der Waals surface area contributed by atoms with E-state index in [4.69, 9.17) is 11.6 Å². The van der Waals surface area contributed by atoms with Crippen molar-refractivity contribution in [2.24, 2.45) is 5.92 Å². The number of allylic oxidation sites excluding steroid dienone is 1. The second-order valence-corrected chi connectivity index (χ2v) is 4.17. The van der Waals surface area contributed by atoms with Crippen molar-refractivity contribution in [3.05, 3.63) is 12.2 Å². The van der Waals surface area contributed by atoms with Gasteiger partial charge < -0.3 is 0 Å². The molecule has 0 aromatic carbocycles. The second kappa shape index (κ2) is 5.65. The molecule has 2 unspecified atom stereocenters. The van der Waals surface area contributed by atoms with E-state index in [-0.39, 0.29) is 0 Å². The highest BCUT2D eigenvalue weighted by Gasteiger charge is 2.06. The smallest absolute Gasteiger partial charge is 0.0310 e. The van der Waals surface area contributed by atoms with Gasteiger partial charge in [-0.25, -0.2) is 0 Å². The molecule has 0 spiro atoms. The maximum Gasteiger partial charge on any atom is 0.0310 e. The Labute approximate surface area is 75.6 Å². The van der Waals surface area contributed by atoms with Crippen molar-refractivity contribution >= 4 is 11.6 Å². The van der Waals surface area contributed by atoms with E-state index in [0.717, 1.165) is 19.3 Å². The lowest BCUT2D eigenvalue weighted by Crippen LogP contribution is -2.02. The Morgan fingerprint density at radius 1 is 1.45 bits per heavy atom. The van der Waals surface area contributed by atoms with Crippen molar-refractivity contribution < 1.29 is 0 Å². The zero-order chi connectivity index (χ0) is 8.85. The molecule has 0 aliphatic rings. The van der Waals surface area contributed by atoms with E-state index in [1.807, 2.05) is 6.92 Å². The summed E-state index contributed by atoms with van der Waals surface area (Å²) in [4.78, 5) is 0. The van der Waals surface area contributed by atoms with E-state index in [1.54, 1.807) is 0 Å². The van der Waals surface area contributed by atoms with Crippen LogP contribution in [0.5, 0.6) is 0 Å². The summed E-state index contributed by atoms with van der Waals surface area (Å²) in [6.07, 6.45) is 3.33. The highest BCUT2D eigenvalue weighted by molar-refractivity contribution is 6.20. The van der Waals surface area contributed by atoms with Crippen LogP contribution in [0, 0.1) is 5.92 Å². The van der Waals surface area contributed by atoms with Gasteiger partial charge in [0, 0.05) is 5.38 Å². The van der Waals surface area contributed by atoms with Crippen LogP contribution in [0.1, 0.15) is 40.0 Å². The molecule has 0 aromatic rings. The first-order valence-electron chi connectivity index (χ1n) is 4.37. The van der Waals surface area contributed by atoms with Gasteiger partial charge in [-0.2, -0.15) is 0 Å². The van der Waals surface area contributed by atoms with Gasteiger partial charge in [0.05, 0.1) is 0 Å². The third-order valence-electron chi connectivity index (χ3n) is 1.86. The van der Waals surface area contributed by atoms with Crippen molar-refractivity contribution in [3.63, 3.8) is 0 Å². The highest BCUT2D eigenvalue weighted by atomic mass is 35.5. The molecule has 0 rings (SSSR count). The van der Waals surface area contributed by atoms with E-state index in [9.17, 15) is 0 Å². The van der Waals surface area contributed by atoms with Crippen LogP contribution < -0.4 is 0 Å². The zero-order valence-electron chi connectivity index (χ0n) is 7.86. The van der Waals surface area contributed by atoms with E-state index in [1.165, 1.54) is 5.57 Å². The molecular weight excluding hydrogens is 156 g/mol. The molecule has 0 aliphatic heterocycles. The zero-order valence-corrected chi connectivity index (χ0v) is 8.62. The normalized spacial score (nSPS) is 16.0. The average molecular weight is 175 g/mol. The molecule has 0 heterocycles. The molecule has 0 amide bonds. The molecule has 2 atom stereocenters. The number of halogens is 1. The van der Waals surface area contributed by atoms with Crippen LogP contribution in [-0.2, 0) is 0 Å². The summed E-state index contributed by atoms with van der Waals surface area (Å²) >= 11 is 5.87. The first-order valence-corrected chi connectivity index (χ1v) is 4.80. The summed E-state index contributed by atoms with van der Waals surface area (Å²) in [6.45, 7) is 10.4. The van der Waals surface area contributed by atoms with Crippen LogP contribution in [0.4, 0.5) is 0 Å². The van der Waals surface area contributed by atoms with Crippen LogP contribution in [0.3, 0.4) is 0 Å². The highest BCUT2D eigenvalue weighted by Crippen LogP contribution is 2.19. The summed E-state index contributed by atoms with van der Waals surface area (Å²) in [5.41, 5.74) is 1.34. The van der Waals surface area contributed by atoms with Crippen LogP contribution in [-0.4, -0.2) is 5.38 Å². The third-order valence-corrected chi connectivity index (χ3v) is 2.04. The largest absolute Gasteiger partial charge is 0.123 e. The van der Waals surface area contributed by atoms with Gasteiger partial charge in [-0.15, -0.1) is 11.6 Å². The maximum absolute atomic E-state index is 5.87. The van der Waals surface area contributed by atoms with Crippen LogP contribution in [0.25, 0.3) is 0 Å². The standard InChI is InChI=1S/C10H19Cl/c1-5-8(2)6-9(3)7-10(4)11/h9-10H,2,5-7H2,1,3-4H3. The van der Waals surface area contributed by atoms with E-state index < -0.39 is 0 Å². The fraction of sp³-hybridized carbons (Fsp3) is 0.800. The van der Waals surface area contributed by atoms with Crippen molar-refractivity contribution in [3.8, 4) is 0 Å². The quantitative estimate of drug-likeness (QED) is 0.437. The first-order chi connectivity index (χ1) is 5.06. The Hall–Kier alpha value is 0.0300. The van der Waals surface area contributed by atoms with Gasteiger partial charge in [-0.1, -0.05) is 26.0 Å². The molecule has 0 bridgehead atoms. The molecule has 66 valence electrons. The lowest BCUT2D eigenvalue weighted by Gasteiger charge is -2.13. The minimum absolute atomic E-state index is 0.301. The van der Waals surface area contributed by atoms with Gasteiger partial charge >= 0.3 is 0 Å². The predicted octanol–water partition coefficient (Wildman–Crippen LogP) is 4.00. The van der Waals surface area contributed by atoms with E-state index >= 15 is 0 Å². The summed E-state index contributed by atoms with van der Waals surface area (Å²) < 4.78 is 0. The Balaban J connectivity index is 3.51. The molecular formula is C10H19Cl. The maximum atomic E-state index is 5.87. The topological polar surface area (TPSA) is 0 Å². The summed E-state index contributed by atoms with van der Waals surface area (Å²) in [5.74, 6) is 0.690. The number of hydrogen-bond acceptors (Lipinski definition) is 0. The second-order valence-electron chi connectivity index (χ2n) is 3.43. The van der Waals surface area contributed by atoms with E-state index in [0.29, 0.717) is 11.3 Å². The molecule has 11 heavy (non-hydrogen) atoms. The minimum atomic E-state index is 0.301. The van der Waals surface area contributed by atoms with Crippen molar-refractivity contribution in [1.82, 2.24) is 0 Å². The Kier molecular flexibility index (Phi) is 5.67. The first kappa shape index (κ1) is 11.0. The minimum Gasteiger partial charge on any atom is -0.123 e. The fourth-order valence-corrected chi connectivity index (χ4v) is 1.58. The van der Waals surface area contributed by atoms with Crippen LogP contribution in [0.15, 0.2) is 12.2 Å². The summed E-state index contributed by atoms with van der Waals surface area (Å²) in [6, 6.07) is 0. The molecule has 0 radical (unpaired) electrons. The van der Waals surface area contributed by atoms with Crippen molar-refractivity contribution in [2.45, 2.75) is 45.4 Å². The van der Waals surface area contributed by atoms with Crippen LogP contribution in [0.2, 0.25) is 0 Å². The lowest BCUT2D eigenvalue weighted by atomic mass is 9.96.